The summed E-state index contributed by atoms with van der Waals surface area (Å²) in [7, 11) is 1.55. The van der Waals surface area contributed by atoms with E-state index in [1.807, 2.05) is 0 Å². The van der Waals surface area contributed by atoms with Gasteiger partial charge in [-0.15, -0.1) is 0 Å². The van der Waals surface area contributed by atoms with Gasteiger partial charge in [0.15, 0.2) is 0 Å². The van der Waals surface area contributed by atoms with Gasteiger partial charge in [0, 0.05) is 12.7 Å². The molecule has 1 atom stereocenters. The number of aliphatic hydroxyl groups excluding tert-OH is 1. The number of ether oxygens (including phenoxy) is 1. The molecule has 0 fully saturated rings. The van der Waals surface area contributed by atoms with E-state index in [2.05, 4.69) is 5.10 Å². The van der Waals surface area contributed by atoms with Crippen LogP contribution >= 0.6 is 23.2 Å². The average molecular weight is 319 g/mol. The van der Waals surface area contributed by atoms with E-state index in [1.165, 1.54) is 23.0 Å². The molecule has 0 saturated carbocycles. The van der Waals surface area contributed by atoms with Crippen LogP contribution in [0.3, 0.4) is 0 Å². The van der Waals surface area contributed by atoms with Crippen molar-refractivity contribution >= 4 is 23.2 Å². The Balaban J connectivity index is 2.40. The highest BCUT2D eigenvalue weighted by Crippen LogP contribution is 2.31. The third-order valence-electron chi connectivity index (χ3n) is 2.88. The molecule has 20 heavy (non-hydrogen) atoms. The van der Waals surface area contributed by atoms with Crippen LogP contribution in [0.25, 0.3) is 0 Å². The Bertz CT molecular complexity index is 604. The van der Waals surface area contributed by atoms with E-state index in [0.29, 0.717) is 18.8 Å². The minimum absolute atomic E-state index is 0.0542. The van der Waals surface area contributed by atoms with Gasteiger partial charge < -0.3 is 9.84 Å². The molecule has 4 nitrogen and oxygen atoms in total. The Morgan fingerprint density at radius 1 is 1.40 bits per heavy atom. The molecule has 1 N–H and O–H groups in total. The zero-order chi connectivity index (χ0) is 14.7. The number of aromatic nitrogens is 2. The van der Waals surface area contributed by atoms with Gasteiger partial charge in [-0.1, -0.05) is 35.3 Å². The van der Waals surface area contributed by atoms with Crippen LogP contribution in [-0.2, 0) is 11.3 Å². The minimum atomic E-state index is -1.25. The lowest BCUT2D eigenvalue weighted by atomic mass is 10.1. The van der Waals surface area contributed by atoms with Crippen molar-refractivity contribution in [2.24, 2.45) is 0 Å². The Labute approximate surface area is 125 Å². The Kier molecular flexibility index (Phi) is 4.99. The lowest BCUT2D eigenvalue weighted by molar-refractivity contribution is 0.170. The zero-order valence-corrected chi connectivity index (χ0v) is 12.2. The van der Waals surface area contributed by atoms with Gasteiger partial charge in [-0.05, 0) is 6.07 Å². The van der Waals surface area contributed by atoms with Gasteiger partial charge in [0.05, 0.1) is 35.1 Å². The summed E-state index contributed by atoms with van der Waals surface area (Å²) in [4.78, 5) is 0. The summed E-state index contributed by atoms with van der Waals surface area (Å²) >= 11 is 11.7. The van der Waals surface area contributed by atoms with Crippen LogP contribution in [0, 0.1) is 5.82 Å². The van der Waals surface area contributed by atoms with E-state index in [0.717, 1.165) is 0 Å². The van der Waals surface area contributed by atoms with Gasteiger partial charge in [0.25, 0.3) is 0 Å². The number of hydrogen-bond acceptors (Lipinski definition) is 3. The summed E-state index contributed by atoms with van der Waals surface area (Å²) in [5, 5.41) is 14.6. The normalized spacial score (nSPS) is 12.7. The van der Waals surface area contributed by atoms with E-state index in [9.17, 15) is 9.50 Å². The van der Waals surface area contributed by atoms with Crippen molar-refractivity contribution in [1.82, 2.24) is 9.78 Å². The topological polar surface area (TPSA) is 47.3 Å². The van der Waals surface area contributed by atoms with Gasteiger partial charge in [0.1, 0.15) is 11.9 Å². The first-order valence-electron chi connectivity index (χ1n) is 5.88. The number of methoxy groups -OCH3 is 1. The maximum atomic E-state index is 14.0. The Morgan fingerprint density at radius 2 is 2.15 bits per heavy atom. The SMILES string of the molecule is COCCn1ncc(Cl)c1C(O)c1cccc(Cl)c1F. The van der Waals surface area contributed by atoms with E-state index in [1.54, 1.807) is 13.2 Å². The maximum absolute atomic E-state index is 14.0. The van der Waals surface area contributed by atoms with E-state index < -0.39 is 11.9 Å². The van der Waals surface area contributed by atoms with Crippen molar-refractivity contribution in [2.45, 2.75) is 12.6 Å². The van der Waals surface area contributed by atoms with Crippen molar-refractivity contribution in [3.8, 4) is 0 Å². The summed E-state index contributed by atoms with van der Waals surface area (Å²) in [5.74, 6) is -0.669. The first-order chi connectivity index (χ1) is 9.56. The first-order valence-corrected chi connectivity index (χ1v) is 6.64. The van der Waals surface area contributed by atoms with Gasteiger partial charge in [0.2, 0.25) is 0 Å². The molecule has 1 aromatic carbocycles. The Hall–Kier alpha value is -1.14. The number of halogens is 3. The van der Waals surface area contributed by atoms with E-state index in [-0.39, 0.29) is 15.6 Å². The number of benzene rings is 1. The molecule has 1 aromatic heterocycles. The molecule has 0 aliphatic carbocycles. The monoisotopic (exact) mass is 318 g/mol. The lowest BCUT2D eigenvalue weighted by Crippen LogP contribution is -2.14. The molecular weight excluding hydrogens is 306 g/mol. The summed E-state index contributed by atoms with van der Waals surface area (Å²) in [6.45, 7) is 0.799. The number of nitrogens with zero attached hydrogens (tertiary/aromatic N) is 2. The molecule has 1 heterocycles. The molecule has 0 bridgehead atoms. The van der Waals surface area contributed by atoms with Crippen molar-refractivity contribution in [2.75, 3.05) is 13.7 Å². The smallest absolute Gasteiger partial charge is 0.147 e. The van der Waals surface area contributed by atoms with Crippen LogP contribution in [-0.4, -0.2) is 28.6 Å². The molecule has 1 unspecified atom stereocenters. The van der Waals surface area contributed by atoms with Gasteiger partial charge in [-0.25, -0.2) is 4.39 Å². The van der Waals surface area contributed by atoms with Crippen LogP contribution in [0.15, 0.2) is 24.4 Å². The third kappa shape index (κ3) is 2.96. The van der Waals surface area contributed by atoms with Crippen molar-refractivity contribution in [3.05, 3.63) is 51.5 Å². The number of aliphatic hydroxyl groups is 1. The first kappa shape index (κ1) is 15.3. The molecule has 0 amide bonds. The minimum Gasteiger partial charge on any atom is -0.383 e. The fourth-order valence-corrected chi connectivity index (χ4v) is 2.31. The molecule has 0 spiro atoms. The van der Waals surface area contributed by atoms with Gasteiger partial charge >= 0.3 is 0 Å². The molecular formula is C13H13Cl2FN2O2. The highest BCUT2D eigenvalue weighted by Gasteiger charge is 2.23. The third-order valence-corrected chi connectivity index (χ3v) is 3.46. The molecule has 108 valence electrons. The highest BCUT2D eigenvalue weighted by atomic mass is 35.5. The second-order valence-electron chi connectivity index (χ2n) is 4.14. The number of rotatable bonds is 5. The van der Waals surface area contributed by atoms with Gasteiger partial charge in [-0.2, -0.15) is 5.10 Å². The fourth-order valence-electron chi connectivity index (χ4n) is 1.88. The van der Waals surface area contributed by atoms with Crippen LogP contribution in [0.5, 0.6) is 0 Å². The van der Waals surface area contributed by atoms with Crippen molar-refractivity contribution < 1.29 is 14.2 Å². The second-order valence-corrected chi connectivity index (χ2v) is 4.95. The maximum Gasteiger partial charge on any atom is 0.147 e. The average Bonchev–Trinajstić information content (AvgIpc) is 2.80. The van der Waals surface area contributed by atoms with Crippen molar-refractivity contribution in [3.63, 3.8) is 0 Å². The van der Waals surface area contributed by atoms with Crippen LogP contribution in [0.1, 0.15) is 17.4 Å². The summed E-state index contributed by atoms with van der Waals surface area (Å²) in [5.41, 5.74) is 0.364. The van der Waals surface area contributed by atoms with E-state index >= 15 is 0 Å². The largest absolute Gasteiger partial charge is 0.383 e. The van der Waals surface area contributed by atoms with Crippen LogP contribution < -0.4 is 0 Å². The summed E-state index contributed by atoms with van der Waals surface area (Å²) in [6, 6.07) is 4.43. The van der Waals surface area contributed by atoms with Crippen molar-refractivity contribution in [1.29, 1.82) is 0 Å². The van der Waals surface area contributed by atoms with Crippen LogP contribution in [0.4, 0.5) is 4.39 Å². The Morgan fingerprint density at radius 3 is 2.85 bits per heavy atom. The lowest BCUT2D eigenvalue weighted by Gasteiger charge is -2.15. The quantitative estimate of drug-likeness (QED) is 0.921. The molecule has 0 aliphatic heterocycles. The molecule has 0 radical (unpaired) electrons. The highest BCUT2D eigenvalue weighted by molar-refractivity contribution is 6.31. The fraction of sp³-hybridized carbons (Fsp3) is 0.308. The predicted octanol–water partition coefficient (Wildman–Crippen LogP) is 3.06. The second kappa shape index (κ2) is 6.54. The predicted molar refractivity (Wildman–Crippen MR) is 74.6 cm³/mol. The summed E-state index contributed by atoms with van der Waals surface area (Å²) in [6.07, 6.45) is 0.152. The zero-order valence-electron chi connectivity index (χ0n) is 10.7. The molecule has 0 saturated heterocycles. The summed E-state index contributed by atoms with van der Waals surface area (Å²) < 4.78 is 20.4. The number of hydrogen-bond donors (Lipinski definition) is 1. The van der Waals surface area contributed by atoms with Gasteiger partial charge in [-0.3, -0.25) is 4.68 Å². The van der Waals surface area contributed by atoms with Crippen LogP contribution in [0.2, 0.25) is 10.0 Å². The molecule has 7 heteroatoms. The molecule has 0 aliphatic rings. The molecule has 2 rings (SSSR count). The standard InChI is InChI=1S/C13H13Cl2FN2O2/c1-20-6-5-18-12(10(15)7-17-18)13(19)8-3-2-4-9(14)11(8)16/h2-4,7,13,19H,5-6H2,1H3. The van der Waals surface area contributed by atoms with E-state index in [4.69, 9.17) is 27.9 Å². The molecule has 2 aromatic rings.